The summed E-state index contributed by atoms with van der Waals surface area (Å²) < 4.78 is 63.1. The number of hydrogen-bond acceptors (Lipinski definition) is 6. The summed E-state index contributed by atoms with van der Waals surface area (Å²) in [5, 5.41) is 1.45. The van der Waals surface area contributed by atoms with E-state index in [0.29, 0.717) is 26.7 Å². The number of fused-ring (bicyclic) bond motifs is 3. The Balaban J connectivity index is 1.81. The van der Waals surface area contributed by atoms with Gasteiger partial charge in [0.2, 0.25) is 11.2 Å². The number of nitrogens with zero attached hydrogens (tertiary/aromatic N) is 3. The lowest BCUT2D eigenvalue weighted by Crippen LogP contribution is -2.60. The lowest BCUT2D eigenvalue weighted by atomic mass is 9.94. The second-order valence-electron chi connectivity index (χ2n) is 8.92. The van der Waals surface area contributed by atoms with Crippen molar-refractivity contribution in [3.05, 3.63) is 93.2 Å². The van der Waals surface area contributed by atoms with Gasteiger partial charge in [0.15, 0.2) is 5.69 Å². The molecule has 3 aromatic rings. The van der Waals surface area contributed by atoms with Crippen molar-refractivity contribution in [1.82, 2.24) is 9.58 Å². The Morgan fingerprint density at radius 3 is 2.50 bits per heavy atom. The molecule has 2 aliphatic heterocycles. The third-order valence-corrected chi connectivity index (χ3v) is 7.75. The zero-order valence-electron chi connectivity index (χ0n) is 20.2. The van der Waals surface area contributed by atoms with Crippen molar-refractivity contribution >= 4 is 23.6 Å². The number of thioether (sulfide) groups is 1. The van der Waals surface area contributed by atoms with E-state index in [2.05, 4.69) is 0 Å². The summed E-state index contributed by atoms with van der Waals surface area (Å²) in [6.07, 6.45) is -3.54. The highest BCUT2D eigenvalue weighted by atomic mass is 32.2. The lowest BCUT2D eigenvalue weighted by Gasteiger charge is -2.46. The molecular weight excluding hydrogens is 526 g/mol. The first-order chi connectivity index (χ1) is 18.0. The van der Waals surface area contributed by atoms with E-state index in [9.17, 15) is 27.6 Å². The van der Waals surface area contributed by atoms with Gasteiger partial charge in [-0.15, -0.1) is 11.8 Å². The van der Waals surface area contributed by atoms with Gasteiger partial charge in [-0.2, -0.15) is 13.2 Å². The van der Waals surface area contributed by atoms with Crippen LogP contribution in [0.4, 0.5) is 17.6 Å². The quantitative estimate of drug-likeness (QED) is 0.353. The molecule has 7 nitrogen and oxygen atoms in total. The predicted molar refractivity (Wildman–Crippen MR) is 131 cm³/mol. The molecular formula is C26H21F4N3O4S. The van der Waals surface area contributed by atoms with Crippen LogP contribution in [0.2, 0.25) is 0 Å². The van der Waals surface area contributed by atoms with E-state index in [1.54, 1.807) is 18.2 Å². The predicted octanol–water partition coefficient (Wildman–Crippen LogP) is 4.61. The summed E-state index contributed by atoms with van der Waals surface area (Å²) in [5.41, 5.74) is 0.629. The first kappa shape index (κ1) is 25.8. The summed E-state index contributed by atoms with van der Waals surface area (Å²) >= 11 is 1.26. The molecule has 1 amide bonds. The van der Waals surface area contributed by atoms with Crippen LogP contribution in [0.5, 0.6) is 5.75 Å². The van der Waals surface area contributed by atoms with Crippen molar-refractivity contribution in [1.29, 1.82) is 0 Å². The molecule has 2 aromatic carbocycles. The van der Waals surface area contributed by atoms with Crippen LogP contribution in [-0.4, -0.2) is 40.3 Å². The number of carbonyl (C=O) groups is 2. The molecule has 1 aromatic heterocycles. The van der Waals surface area contributed by atoms with Gasteiger partial charge < -0.3 is 9.64 Å². The second-order valence-corrected chi connectivity index (χ2v) is 9.90. The minimum absolute atomic E-state index is 0.323. The summed E-state index contributed by atoms with van der Waals surface area (Å²) in [4.78, 5) is 38.8. The fourth-order valence-electron chi connectivity index (χ4n) is 4.73. The molecule has 0 bridgehead atoms. The van der Waals surface area contributed by atoms with E-state index < -0.39 is 59.5 Å². The standard InChI is InChI=1S/C26H21F4N3O4S/c1-14(26(28,29)30)31-13-33(32-11-10-20(35)23(37-15(2)34)22(32)25(31)36)21-17-7-4-3-6-16(17)12-38-24-18(21)8-5-9-19(24)27/h3-11,14,21H,12-13H2,1-2H3/t14-,21?/m0/s1. The zero-order valence-corrected chi connectivity index (χ0v) is 21.0. The molecule has 1 unspecified atom stereocenters. The van der Waals surface area contributed by atoms with E-state index >= 15 is 4.39 Å². The van der Waals surface area contributed by atoms with Gasteiger partial charge in [0, 0.05) is 29.8 Å². The van der Waals surface area contributed by atoms with Crippen LogP contribution in [0.1, 0.15) is 47.1 Å². The Kier molecular flexibility index (Phi) is 6.46. The van der Waals surface area contributed by atoms with E-state index in [4.69, 9.17) is 4.74 Å². The van der Waals surface area contributed by atoms with Gasteiger partial charge in [0.05, 0.1) is 6.04 Å². The normalized spacial score (nSPS) is 17.7. The SMILES string of the molecule is CC(=O)Oc1c2n(ccc1=O)N(C1c3ccccc3CSc3c(F)cccc31)CN([C@@H](C)C(F)(F)F)C2=O. The van der Waals surface area contributed by atoms with Crippen LogP contribution in [0.15, 0.2) is 64.4 Å². The number of halogens is 4. The molecule has 198 valence electrons. The molecule has 0 radical (unpaired) electrons. The van der Waals surface area contributed by atoms with Crippen LogP contribution in [0.3, 0.4) is 0 Å². The van der Waals surface area contributed by atoms with Crippen molar-refractivity contribution in [3.63, 3.8) is 0 Å². The molecule has 5 rings (SSSR count). The molecule has 12 heteroatoms. The van der Waals surface area contributed by atoms with Gasteiger partial charge in [-0.1, -0.05) is 36.4 Å². The summed E-state index contributed by atoms with van der Waals surface area (Å²) in [6.45, 7) is 1.31. The van der Waals surface area contributed by atoms with Gasteiger partial charge in [-0.05, 0) is 29.7 Å². The fourth-order valence-corrected chi connectivity index (χ4v) is 5.85. The highest BCUT2D eigenvalue weighted by Crippen LogP contribution is 2.44. The molecule has 0 saturated carbocycles. The zero-order chi connectivity index (χ0) is 27.4. The molecule has 3 heterocycles. The summed E-state index contributed by atoms with van der Waals surface area (Å²) in [6, 6.07) is 9.69. The van der Waals surface area contributed by atoms with Gasteiger partial charge in [0.1, 0.15) is 18.5 Å². The first-order valence-electron chi connectivity index (χ1n) is 11.6. The Labute approximate surface area is 218 Å². The Morgan fingerprint density at radius 1 is 1.08 bits per heavy atom. The Bertz CT molecular complexity index is 1510. The van der Waals surface area contributed by atoms with Crippen molar-refractivity contribution in [2.45, 2.75) is 42.8 Å². The number of amides is 1. The van der Waals surface area contributed by atoms with Crippen molar-refractivity contribution < 1.29 is 31.9 Å². The Hall–Kier alpha value is -3.80. The molecule has 0 spiro atoms. The van der Waals surface area contributed by atoms with Crippen molar-refractivity contribution in [3.8, 4) is 5.75 Å². The number of hydrogen-bond donors (Lipinski definition) is 0. The van der Waals surface area contributed by atoms with Crippen molar-refractivity contribution in [2.75, 3.05) is 11.7 Å². The largest absolute Gasteiger partial charge is 0.420 e. The molecule has 38 heavy (non-hydrogen) atoms. The van der Waals surface area contributed by atoms with E-state index in [-0.39, 0.29) is 0 Å². The molecule has 2 aliphatic rings. The molecule has 2 atom stereocenters. The number of benzene rings is 2. The maximum absolute atomic E-state index is 15.0. The van der Waals surface area contributed by atoms with Crippen LogP contribution < -0.4 is 15.2 Å². The fraction of sp³-hybridized carbons (Fsp3) is 0.269. The highest BCUT2D eigenvalue weighted by Gasteiger charge is 2.48. The van der Waals surface area contributed by atoms with Gasteiger partial charge >= 0.3 is 12.1 Å². The van der Waals surface area contributed by atoms with Crippen LogP contribution in [0.25, 0.3) is 0 Å². The van der Waals surface area contributed by atoms with Crippen molar-refractivity contribution in [2.24, 2.45) is 0 Å². The third kappa shape index (κ3) is 4.32. The monoisotopic (exact) mass is 547 g/mol. The summed E-state index contributed by atoms with van der Waals surface area (Å²) in [5.74, 6) is -2.80. The number of alkyl halides is 3. The van der Waals surface area contributed by atoms with E-state index in [1.165, 1.54) is 39.8 Å². The number of pyridine rings is 1. The van der Waals surface area contributed by atoms with Crippen LogP contribution >= 0.6 is 11.8 Å². The average molecular weight is 548 g/mol. The minimum atomic E-state index is -4.79. The minimum Gasteiger partial charge on any atom is -0.420 e. The topological polar surface area (TPSA) is 71.8 Å². The molecule has 0 aliphatic carbocycles. The maximum atomic E-state index is 15.0. The number of carbonyl (C=O) groups excluding carboxylic acids is 2. The smallest absolute Gasteiger partial charge is 0.408 e. The Morgan fingerprint density at radius 2 is 1.79 bits per heavy atom. The number of esters is 1. The number of aromatic nitrogens is 1. The van der Waals surface area contributed by atoms with Crippen LogP contribution in [-0.2, 0) is 10.5 Å². The highest BCUT2D eigenvalue weighted by molar-refractivity contribution is 7.98. The molecule has 0 N–H and O–H groups in total. The van der Waals surface area contributed by atoms with Gasteiger partial charge in [-0.3, -0.25) is 24.1 Å². The maximum Gasteiger partial charge on any atom is 0.408 e. The summed E-state index contributed by atoms with van der Waals surface area (Å²) in [7, 11) is 0. The lowest BCUT2D eigenvalue weighted by molar-refractivity contribution is -0.173. The molecule has 0 fully saturated rings. The molecule has 0 saturated heterocycles. The first-order valence-corrected chi connectivity index (χ1v) is 12.5. The van der Waals surface area contributed by atoms with Gasteiger partial charge in [-0.25, -0.2) is 4.39 Å². The third-order valence-electron chi connectivity index (χ3n) is 6.57. The average Bonchev–Trinajstić information content (AvgIpc) is 3.02. The van der Waals surface area contributed by atoms with Crippen LogP contribution in [0, 0.1) is 5.82 Å². The number of ether oxygens (including phenoxy) is 1. The second kappa shape index (κ2) is 9.50. The van der Waals surface area contributed by atoms with E-state index in [0.717, 1.165) is 25.5 Å². The number of rotatable bonds is 3. The van der Waals surface area contributed by atoms with Gasteiger partial charge in [0.25, 0.3) is 5.91 Å². The van der Waals surface area contributed by atoms with E-state index in [1.807, 2.05) is 12.1 Å².